The van der Waals surface area contributed by atoms with Gasteiger partial charge in [0.15, 0.2) is 0 Å². The number of nitrogens with zero attached hydrogens (tertiary/aromatic N) is 1. The maximum Gasteiger partial charge on any atom is 0.410 e. The van der Waals surface area contributed by atoms with Gasteiger partial charge in [0, 0.05) is 13.0 Å². The molecule has 0 N–H and O–H groups in total. The van der Waals surface area contributed by atoms with Crippen LogP contribution >= 0.6 is 0 Å². The molecule has 2 atom stereocenters. The van der Waals surface area contributed by atoms with Gasteiger partial charge >= 0.3 is 6.09 Å². The minimum atomic E-state index is -1.37. The highest BCUT2D eigenvalue weighted by Gasteiger charge is 2.53. The fourth-order valence-corrected chi connectivity index (χ4v) is 5.24. The first-order valence-corrected chi connectivity index (χ1v) is 12.0. The van der Waals surface area contributed by atoms with Gasteiger partial charge in [-0.05, 0) is 26.2 Å². The van der Waals surface area contributed by atoms with Gasteiger partial charge in [0.05, 0.1) is 14.1 Å². The van der Waals surface area contributed by atoms with E-state index in [1.54, 1.807) is 5.20 Å². The van der Waals surface area contributed by atoms with Crippen molar-refractivity contribution in [2.45, 2.75) is 83.7 Å². The fraction of sp³-hybridized carbons (Fsp3) is 0.824. The number of fused-ring (bicyclic) bond motifs is 1. The van der Waals surface area contributed by atoms with Crippen molar-refractivity contribution in [3.63, 3.8) is 0 Å². The van der Waals surface area contributed by atoms with Crippen LogP contribution in [0.25, 0.3) is 0 Å². The third-order valence-corrected chi connectivity index (χ3v) is 7.27. The molecule has 0 aromatic carbocycles. The van der Waals surface area contributed by atoms with Crippen LogP contribution in [0.15, 0.2) is 11.3 Å². The van der Waals surface area contributed by atoms with Crippen molar-refractivity contribution in [3.8, 4) is 0 Å². The molecule has 3 nitrogen and oxygen atoms in total. The number of hydrogen-bond acceptors (Lipinski definition) is 2. The van der Waals surface area contributed by atoms with E-state index in [0.717, 1.165) is 32.2 Å². The number of carbonyl (C=O) groups is 1. The Morgan fingerprint density at radius 1 is 1.48 bits per heavy atom. The molecule has 0 aromatic heterocycles. The van der Waals surface area contributed by atoms with Gasteiger partial charge < -0.3 is 9.64 Å². The smallest absolute Gasteiger partial charge is 0.410 e. The van der Waals surface area contributed by atoms with E-state index in [9.17, 15) is 4.79 Å². The van der Waals surface area contributed by atoms with Crippen molar-refractivity contribution >= 4 is 14.2 Å². The lowest BCUT2D eigenvalue weighted by molar-refractivity contribution is 0.0525. The molecule has 2 heterocycles. The summed E-state index contributed by atoms with van der Waals surface area (Å²) in [6, 6.07) is 0.288. The predicted molar refractivity (Wildman–Crippen MR) is 90.2 cm³/mol. The summed E-state index contributed by atoms with van der Waals surface area (Å²) in [6.45, 7) is 12.5. The molecule has 0 bridgehead atoms. The van der Waals surface area contributed by atoms with Gasteiger partial charge in [0.1, 0.15) is 5.60 Å². The standard InChI is InChI=1S/C17H31NO2Si/c1-6-7-8-10-14(21(3,4)5)13-17(2)15-11-9-12-18(15)16(19)20-17/h10,15H,6-9,11-13H2,1-5H3/b14-10-. The molecule has 2 unspecified atom stereocenters. The highest BCUT2D eigenvalue weighted by Crippen LogP contribution is 2.42. The zero-order valence-electron chi connectivity index (χ0n) is 14.4. The van der Waals surface area contributed by atoms with E-state index in [2.05, 4.69) is 39.6 Å². The van der Waals surface area contributed by atoms with Crippen LogP contribution in [0, 0.1) is 0 Å². The summed E-state index contributed by atoms with van der Waals surface area (Å²) >= 11 is 0. The average Bonchev–Trinajstić information content (AvgIpc) is 2.93. The number of ether oxygens (including phenoxy) is 1. The van der Waals surface area contributed by atoms with Crippen molar-refractivity contribution in [2.75, 3.05) is 6.54 Å². The molecular weight excluding hydrogens is 278 g/mol. The molecule has 2 aliphatic rings. The van der Waals surface area contributed by atoms with Gasteiger partial charge in [-0.15, -0.1) is 0 Å². The van der Waals surface area contributed by atoms with Crippen molar-refractivity contribution in [1.29, 1.82) is 0 Å². The van der Waals surface area contributed by atoms with E-state index in [-0.39, 0.29) is 17.7 Å². The second kappa shape index (κ2) is 6.15. The summed E-state index contributed by atoms with van der Waals surface area (Å²) in [6.07, 6.45) is 9.15. The van der Waals surface area contributed by atoms with Crippen LogP contribution in [0.2, 0.25) is 19.6 Å². The number of cyclic esters (lactones) is 1. The monoisotopic (exact) mass is 309 g/mol. The Kier molecular flexibility index (Phi) is 4.86. The molecule has 120 valence electrons. The summed E-state index contributed by atoms with van der Waals surface area (Å²) in [5.41, 5.74) is -0.314. The SMILES string of the molecule is CCCC/C=C(/CC1(C)OC(=O)N2CCCC21)[Si](C)(C)C. The number of rotatable bonds is 6. The van der Waals surface area contributed by atoms with Crippen LogP contribution < -0.4 is 0 Å². The summed E-state index contributed by atoms with van der Waals surface area (Å²) in [7, 11) is -1.37. The molecule has 4 heteroatoms. The Morgan fingerprint density at radius 2 is 2.19 bits per heavy atom. The molecule has 2 rings (SSSR count). The maximum absolute atomic E-state index is 12.1. The summed E-state index contributed by atoms with van der Waals surface area (Å²) in [5, 5.41) is 1.57. The second-order valence-corrected chi connectivity index (χ2v) is 13.0. The molecule has 0 spiro atoms. The lowest BCUT2D eigenvalue weighted by atomic mass is 9.91. The summed E-state index contributed by atoms with van der Waals surface area (Å²) < 4.78 is 5.82. The normalized spacial score (nSPS) is 29.8. The molecule has 0 saturated carbocycles. The van der Waals surface area contributed by atoms with Gasteiger partial charge in [-0.1, -0.05) is 50.7 Å². The minimum absolute atomic E-state index is 0.0940. The van der Waals surface area contributed by atoms with Crippen LogP contribution in [-0.2, 0) is 4.74 Å². The Labute approximate surface area is 130 Å². The first-order valence-electron chi connectivity index (χ1n) is 8.47. The number of hydrogen-bond donors (Lipinski definition) is 0. The first kappa shape index (κ1) is 16.6. The van der Waals surface area contributed by atoms with Crippen molar-refractivity contribution < 1.29 is 9.53 Å². The van der Waals surface area contributed by atoms with E-state index >= 15 is 0 Å². The Hall–Kier alpha value is -0.773. The van der Waals surface area contributed by atoms with Gasteiger partial charge in [-0.3, -0.25) is 0 Å². The molecule has 2 fully saturated rings. The van der Waals surface area contributed by atoms with E-state index in [1.165, 1.54) is 12.8 Å². The quantitative estimate of drug-likeness (QED) is 0.524. The molecule has 2 aliphatic heterocycles. The lowest BCUT2D eigenvalue weighted by Crippen LogP contribution is -2.42. The van der Waals surface area contributed by atoms with E-state index in [4.69, 9.17) is 4.74 Å². The third kappa shape index (κ3) is 3.53. The Balaban J connectivity index is 2.16. The number of carbonyl (C=O) groups excluding carboxylic acids is 1. The first-order chi connectivity index (χ1) is 9.78. The molecule has 0 radical (unpaired) electrons. The highest BCUT2D eigenvalue weighted by molar-refractivity contribution is 6.83. The predicted octanol–water partition coefficient (Wildman–Crippen LogP) is 4.74. The van der Waals surface area contributed by atoms with Gasteiger partial charge in [0.25, 0.3) is 0 Å². The second-order valence-electron chi connectivity index (χ2n) is 7.83. The lowest BCUT2D eigenvalue weighted by Gasteiger charge is -2.33. The van der Waals surface area contributed by atoms with Crippen molar-refractivity contribution in [2.24, 2.45) is 0 Å². The van der Waals surface area contributed by atoms with E-state index in [1.807, 2.05) is 4.90 Å². The Morgan fingerprint density at radius 3 is 2.81 bits per heavy atom. The maximum atomic E-state index is 12.1. The number of amides is 1. The van der Waals surface area contributed by atoms with Gasteiger partial charge in [0.2, 0.25) is 0 Å². The van der Waals surface area contributed by atoms with Crippen LogP contribution in [0.1, 0.15) is 52.4 Å². The molecule has 21 heavy (non-hydrogen) atoms. The van der Waals surface area contributed by atoms with Crippen molar-refractivity contribution in [3.05, 3.63) is 11.3 Å². The molecule has 2 saturated heterocycles. The third-order valence-electron chi connectivity index (χ3n) is 4.97. The van der Waals surface area contributed by atoms with Crippen LogP contribution in [-0.4, -0.2) is 37.3 Å². The van der Waals surface area contributed by atoms with Crippen LogP contribution in [0.3, 0.4) is 0 Å². The van der Waals surface area contributed by atoms with E-state index in [0.29, 0.717) is 0 Å². The largest absolute Gasteiger partial charge is 0.441 e. The van der Waals surface area contributed by atoms with E-state index < -0.39 is 8.07 Å². The van der Waals surface area contributed by atoms with Crippen LogP contribution in [0.4, 0.5) is 4.79 Å². The van der Waals surface area contributed by atoms with Gasteiger partial charge in [-0.2, -0.15) is 0 Å². The zero-order chi connectivity index (χ0) is 15.7. The molecule has 0 aliphatic carbocycles. The van der Waals surface area contributed by atoms with Crippen LogP contribution in [0.5, 0.6) is 0 Å². The molecule has 0 aromatic rings. The topological polar surface area (TPSA) is 29.5 Å². The average molecular weight is 310 g/mol. The molecular formula is C17H31NO2Si. The highest BCUT2D eigenvalue weighted by atomic mass is 28.3. The zero-order valence-corrected chi connectivity index (χ0v) is 15.4. The number of allylic oxidation sites excluding steroid dienone is 1. The van der Waals surface area contributed by atoms with Crippen molar-refractivity contribution in [1.82, 2.24) is 4.90 Å². The number of unbranched alkanes of at least 4 members (excludes halogenated alkanes) is 2. The molecule has 1 amide bonds. The van der Waals surface area contributed by atoms with Gasteiger partial charge in [-0.25, -0.2) is 4.79 Å². The minimum Gasteiger partial charge on any atom is -0.441 e. The summed E-state index contributed by atoms with van der Waals surface area (Å²) in [5.74, 6) is 0. The summed E-state index contributed by atoms with van der Waals surface area (Å²) in [4.78, 5) is 14.0. The Bertz CT molecular complexity index is 427. The fourth-order valence-electron chi connectivity index (χ4n) is 3.60.